The second-order valence-corrected chi connectivity index (χ2v) is 7.24. The Morgan fingerprint density at radius 1 is 0.812 bits per heavy atom. The Labute approximate surface area is 186 Å². The smallest absolute Gasteiger partial charge is 0.343 e. The molecule has 2 amide bonds. The number of benzene rings is 3. The molecule has 0 aliphatic rings. The van der Waals surface area contributed by atoms with Crippen LogP contribution in [0.25, 0.3) is 0 Å². The van der Waals surface area contributed by atoms with Gasteiger partial charge < -0.3 is 10.1 Å². The van der Waals surface area contributed by atoms with E-state index in [0.29, 0.717) is 22.6 Å². The maximum Gasteiger partial charge on any atom is 0.343 e. The van der Waals surface area contributed by atoms with E-state index in [1.807, 2.05) is 51.1 Å². The summed E-state index contributed by atoms with van der Waals surface area (Å²) in [6.45, 7) is 5.64. The SMILES string of the molecule is Cc1ccc(C(=O)Oc2ccc(C=NNC(=O)C(=O)Nc3c(C)cccc3C)cc2)cc1. The number of rotatable bonds is 5. The number of ether oxygens (including phenoxy) is 1. The van der Waals surface area contributed by atoms with E-state index in [1.54, 1.807) is 36.4 Å². The van der Waals surface area contributed by atoms with Gasteiger partial charge in [-0.3, -0.25) is 9.59 Å². The van der Waals surface area contributed by atoms with Crippen LogP contribution in [0, 0.1) is 20.8 Å². The Kier molecular flexibility index (Phi) is 7.13. The van der Waals surface area contributed by atoms with Gasteiger partial charge in [-0.15, -0.1) is 0 Å². The van der Waals surface area contributed by atoms with Gasteiger partial charge >= 0.3 is 17.8 Å². The number of anilines is 1. The zero-order valence-electron chi connectivity index (χ0n) is 18.0. The summed E-state index contributed by atoms with van der Waals surface area (Å²) < 4.78 is 5.34. The summed E-state index contributed by atoms with van der Waals surface area (Å²) in [4.78, 5) is 36.3. The molecule has 3 aromatic rings. The zero-order valence-corrected chi connectivity index (χ0v) is 18.0. The minimum absolute atomic E-state index is 0.379. The molecular formula is C25H23N3O4. The van der Waals surface area contributed by atoms with Gasteiger partial charge in [0.25, 0.3) is 0 Å². The van der Waals surface area contributed by atoms with Crippen LogP contribution in [0.1, 0.15) is 32.6 Å². The zero-order chi connectivity index (χ0) is 23.1. The number of nitrogens with one attached hydrogen (secondary N) is 2. The van der Waals surface area contributed by atoms with Gasteiger partial charge in [0.05, 0.1) is 11.8 Å². The normalized spacial score (nSPS) is 10.6. The number of hydrogen-bond acceptors (Lipinski definition) is 5. The third-order valence-electron chi connectivity index (χ3n) is 4.68. The summed E-state index contributed by atoms with van der Waals surface area (Å²) in [7, 11) is 0. The van der Waals surface area contributed by atoms with Crippen molar-refractivity contribution in [1.29, 1.82) is 0 Å². The molecule has 0 saturated carbocycles. The first-order valence-corrected chi connectivity index (χ1v) is 9.93. The molecule has 3 aromatic carbocycles. The van der Waals surface area contributed by atoms with Crippen LogP contribution in [0.2, 0.25) is 0 Å². The van der Waals surface area contributed by atoms with E-state index in [1.165, 1.54) is 6.21 Å². The molecule has 0 atom stereocenters. The van der Waals surface area contributed by atoms with Crippen molar-refractivity contribution in [2.24, 2.45) is 5.10 Å². The molecular weight excluding hydrogens is 406 g/mol. The molecule has 2 N–H and O–H groups in total. The third kappa shape index (κ3) is 5.89. The van der Waals surface area contributed by atoms with E-state index in [-0.39, 0.29) is 0 Å². The first-order valence-electron chi connectivity index (χ1n) is 9.93. The van der Waals surface area contributed by atoms with Gasteiger partial charge in [0.15, 0.2) is 0 Å². The minimum atomic E-state index is -0.882. The van der Waals surface area contributed by atoms with Crippen molar-refractivity contribution in [3.63, 3.8) is 0 Å². The molecule has 0 aliphatic heterocycles. The average Bonchev–Trinajstić information content (AvgIpc) is 2.77. The summed E-state index contributed by atoms with van der Waals surface area (Å²) in [5, 5.41) is 6.40. The maximum atomic E-state index is 12.2. The van der Waals surface area contributed by atoms with Crippen molar-refractivity contribution in [1.82, 2.24) is 5.43 Å². The van der Waals surface area contributed by atoms with E-state index in [9.17, 15) is 14.4 Å². The van der Waals surface area contributed by atoms with Gasteiger partial charge in [0.2, 0.25) is 0 Å². The van der Waals surface area contributed by atoms with Crippen LogP contribution >= 0.6 is 0 Å². The molecule has 0 bridgehead atoms. The molecule has 0 spiro atoms. The highest BCUT2D eigenvalue weighted by atomic mass is 16.5. The molecule has 7 nitrogen and oxygen atoms in total. The summed E-state index contributed by atoms with van der Waals surface area (Å²) in [6, 6.07) is 19.2. The monoisotopic (exact) mass is 429 g/mol. The molecule has 7 heteroatoms. The number of carbonyl (C=O) groups excluding carboxylic acids is 3. The van der Waals surface area contributed by atoms with Crippen LogP contribution in [0.5, 0.6) is 5.75 Å². The highest BCUT2D eigenvalue weighted by Gasteiger charge is 2.15. The van der Waals surface area contributed by atoms with Crippen molar-refractivity contribution in [2.75, 3.05) is 5.32 Å². The van der Waals surface area contributed by atoms with Crippen LogP contribution in [0.3, 0.4) is 0 Å². The predicted molar refractivity (Wildman–Crippen MR) is 123 cm³/mol. The van der Waals surface area contributed by atoms with Gasteiger partial charge in [-0.1, -0.05) is 35.9 Å². The Morgan fingerprint density at radius 3 is 2.06 bits per heavy atom. The fourth-order valence-corrected chi connectivity index (χ4v) is 2.88. The molecule has 0 radical (unpaired) electrons. The Balaban J connectivity index is 1.53. The number of amides is 2. The van der Waals surface area contributed by atoms with Crippen LogP contribution < -0.4 is 15.5 Å². The quantitative estimate of drug-likeness (QED) is 0.211. The van der Waals surface area contributed by atoms with Crippen LogP contribution in [-0.2, 0) is 9.59 Å². The lowest BCUT2D eigenvalue weighted by atomic mass is 10.1. The van der Waals surface area contributed by atoms with E-state index in [0.717, 1.165) is 16.7 Å². The third-order valence-corrected chi connectivity index (χ3v) is 4.68. The van der Waals surface area contributed by atoms with E-state index >= 15 is 0 Å². The molecule has 32 heavy (non-hydrogen) atoms. The lowest BCUT2D eigenvalue weighted by molar-refractivity contribution is -0.136. The van der Waals surface area contributed by atoms with Crippen molar-refractivity contribution >= 4 is 29.7 Å². The molecule has 162 valence electrons. The Bertz CT molecular complexity index is 1150. The van der Waals surface area contributed by atoms with Gasteiger partial charge in [-0.2, -0.15) is 5.10 Å². The highest BCUT2D eigenvalue weighted by Crippen LogP contribution is 2.19. The number of hydrazone groups is 1. The summed E-state index contributed by atoms with van der Waals surface area (Å²) in [5.74, 6) is -1.76. The van der Waals surface area contributed by atoms with Crippen molar-refractivity contribution < 1.29 is 19.1 Å². The number of para-hydroxylation sites is 1. The Hall–Kier alpha value is -4.26. The topological polar surface area (TPSA) is 96.9 Å². The lowest BCUT2D eigenvalue weighted by Crippen LogP contribution is -2.32. The fraction of sp³-hybridized carbons (Fsp3) is 0.120. The van der Waals surface area contributed by atoms with Gasteiger partial charge in [-0.05, 0) is 73.9 Å². The minimum Gasteiger partial charge on any atom is -0.423 e. The van der Waals surface area contributed by atoms with E-state index in [4.69, 9.17) is 4.74 Å². The number of aryl methyl sites for hydroxylation is 3. The number of hydrogen-bond donors (Lipinski definition) is 2. The van der Waals surface area contributed by atoms with E-state index in [2.05, 4.69) is 15.8 Å². The lowest BCUT2D eigenvalue weighted by Gasteiger charge is -2.10. The summed E-state index contributed by atoms with van der Waals surface area (Å²) in [5.41, 5.74) is 6.68. The van der Waals surface area contributed by atoms with Gasteiger partial charge in [-0.25, -0.2) is 10.2 Å². The molecule has 0 fully saturated rings. The molecule has 3 rings (SSSR count). The molecule has 0 heterocycles. The van der Waals surface area contributed by atoms with Crippen LogP contribution in [0.4, 0.5) is 5.69 Å². The predicted octanol–water partition coefficient (Wildman–Crippen LogP) is 3.92. The number of carbonyl (C=O) groups is 3. The first kappa shape index (κ1) is 22.4. The van der Waals surface area contributed by atoms with Crippen molar-refractivity contribution in [2.45, 2.75) is 20.8 Å². The summed E-state index contributed by atoms with van der Waals surface area (Å²) >= 11 is 0. The first-order chi connectivity index (χ1) is 15.3. The molecule has 0 aliphatic carbocycles. The largest absolute Gasteiger partial charge is 0.423 e. The average molecular weight is 429 g/mol. The molecule has 0 unspecified atom stereocenters. The number of nitrogens with zero attached hydrogens (tertiary/aromatic N) is 1. The van der Waals surface area contributed by atoms with Crippen molar-refractivity contribution in [3.05, 3.63) is 94.5 Å². The molecule has 0 aromatic heterocycles. The highest BCUT2D eigenvalue weighted by molar-refractivity contribution is 6.39. The van der Waals surface area contributed by atoms with Crippen LogP contribution in [-0.4, -0.2) is 24.0 Å². The van der Waals surface area contributed by atoms with E-state index < -0.39 is 17.8 Å². The standard InChI is InChI=1S/C25H23N3O4/c1-16-7-11-20(12-8-16)25(31)32-21-13-9-19(10-14-21)15-26-28-24(30)23(29)27-22-17(2)5-4-6-18(22)3/h4-15H,1-3H3,(H,27,29)(H,28,30). The second-order valence-electron chi connectivity index (χ2n) is 7.24. The van der Waals surface area contributed by atoms with Gasteiger partial charge in [0, 0.05) is 5.69 Å². The maximum absolute atomic E-state index is 12.2. The van der Waals surface area contributed by atoms with Gasteiger partial charge in [0.1, 0.15) is 5.75 Å². The van der Waals surface area contributed by atoms with Crippen molar-refractivity contribution in [3.8, 4) is 5.75 Å². The second kappa shape index (κ2) is 10.2. The molecule has 0 saturated heterocycles. The number of esters is 1. The Morgan fingerprint density at radius 2 is 1.44 bits per heavy atom. The van der Waals surface area contributed by atoms with Crippen LogP contribution in [0.15, 0.2) is 71.8 Å². The fourth-order valence-electron chi connectivity index (χ4n) is 2.88. The summed E-state index contributed by atoms with van der Waals surface area (Å²) in [6.07, 6.45) is 1.38.